The number of carboxylic acids is 1. The van der Waals surface area contributed by atoms with Crippen LogP contribution in [0.5, 0.6) is 0 Å². The number of hydrogen-bond acceptors (Lipinski definition) is 3. The highest BCUT2D eigenvalue weighted by Crippen LogP contribution is 2.42. The number of anilines is 1. The van der Waals surface area contributed by atoms with Crippen molar-refractivity contribution < 1.29 is 27.5 Å². The number of fused-ring (bicyclic) bond motifs is 1. The lowest BCUT2D eigenvalue weighted by molar-refractivity contribution is 0.0694. The molecule has 2 aromatic rings. The topological polar surface area (TPSA) is 85.3 Å². The summed E-state index contributed by atoms with van der Waals surface area (Å²) in [6, 6.07) is -0.958. The average Bonchev–Trinajstić information content (AvgIpc) is 3.18. The molecule has 0 aliphatic heterocycles. The van der Waals surface area contributed by atoms with Crippen molar-refractivity contribution in [2.75, 3.05) is 5.73 Å². The van der Waals surface area contributed by atoms with Crippen LogP contribution in [0, 0.1) is 17.5 Å². The molecule has 3 N–H and O–H groups in total. The van der Waals surface area contributed by atoms with Crippen molar-refractivity contribution in [2.45, 2.75) is 18.6 Å². The van der Waals surface area contributed by atoms with Gasteiger partial charge in [-0.2, -0.15) is 0 Å². The predicted molar refractivity (Wildman–Crippen MR) is 68.0 cm³/mol. The number of benzene rings is 1. The minimum atomic E-state index is -1.91. The summed E-state index contributed by atoms with van der Waals surface area (Å²) < 4.78 is 55.2. The summed E-state index contributed by atoms with van der Waals surface area (Å²) in [5, 5.41) is 8.18. The zero-order chi connectivity index (χ0) is 16.3. The summed E-state index contributed by atoms with van der Waals surface area (Å²) in [6.45, 7) is 0. The normalized spacial score (nSPS) is 20.4. The fraction of sp³-hybridized carbons (Fsp3) is 0.231. The molecule has 1 aromatic heterocycles. The van der Waals surface area contributed by atoms with E-state index in [2.05, 4.69) is 0 Å². The van der Waals surface area contributed by atoms with Gasteiger partial charge in [0.1, 0.15) is 11.7 Å². The van der Waals surface area contributed by atoms with Crippen molar-refractivity contribution in [3.05, 3.63) is 39.4 Å². The van der Waals surface area contributed by atoms with Crippen LogP contribution < -0.4 is 11.2 Å². The predicted octanol–water partition coefficient (Wildman–Crippen LogP) is 1.98. The van der Waals surface area contributed by atoms with Crippen LogP contribution in [0.15, 0.2) is 11.0 Å². The molecule has 1 aromatic carbocycles. The summed E-state index contributed by atoms with van der Waals surface area (Å²) in [4.78, 5) is 23.1. The second-order valence-electron chi connectivity index (χ2n) is 4.98. The summed E-state index contributed by atoms with van der Waals surface area (Å²) in [7, 11) is 0. The first kappa shape index (κ1) is 14.4. The molecule has 5 nitrogen and oxygen atoms in total. The molecule has 1 heterocycles. The third-order valence-electron chi connectivity index (χ3n) is 3.60. The number of aromatic carboxylic acids is 1. The molecule has 0 saturated heterocycles. The van der Waals surface area contributed by atoms with Gasteiger partial charge < -0.3 is 15.4 Å². The summed E-state index contributed by atoms with van der Waals surface area (Å²) in [5.74, 6) is -7.07. The fourth-order valence-electron chi connectivity index (χ4n) is 2.39. The molecular weight excluding hydrogens is 308 g/mol. The molecule has 9 heteroatoms. The van der Waals surface area contributed by atoms with Crippen LogP contribution in [0.1, 0.15) is 22.8 Å². The van der Waals surface area contributed by atoms with Gasteiger partial charge in [-0.3, -0.25) is 4.79 Å². The Morgan fingerprint density at radius 1 is 1.27 bits per heavy atom. The number of nitrogens with zero attached hydrogens (tertiary/aromatic N) is 1. The minimum absolute atomic E-state index is 0.0601. The number of carboxylic acid groups (broad SMARTS) is 1. The van der Waals surface area contributed by atoms with Crippen molar-refractivity contribution in [1.29, 1.82) is 0 Å². The van der Waals surface area contributed by atoms with Crippen LogP contribution in [0.25, 0.3) is 10.9 Å². The number of alkyl halides is 1. The maximum absolute atomic E-state index is 14.0. The highest BCUT2D eigenvalue weighted by molar-refractivity contribution is 5.97. The van der Waals surface area contributed by atoms with E-state index >= 15 is 0 Å². The molecule has 3 rings (SSSR count). The van der Waals surface area contributed by atoms with E-state index in [-0.39, 0.29) is 6.42 Å². The van der Waals surface area contributed by atoms with Gasteiger partial charge in [0.25, 0.3) is 0 Å². The number of aromatic nitrogens is 1. The summed E-state index contributed by atoms with van der Waals surface area (Å²) >= 11 is 0. The van der Waals surface area contributed by atoms with E-state index < -0.39 is 63.2 Å². The fourth-order valence-corrected chi connectivity index (χ4v) is 2.39. The maximum Gasteiger partial charge on any atom is 0.341 e. The average molecular weight is 316 g/mol. The minimum Gasteiger partial charge on any atom is -0.477 e. The molecule has 116 valence electrons. The van der Waals surface area contributed by atoms with Gasteiger partial charge in [0.2, 0.25) is 5.43 Å². The molecule has 0 spiro atoms. The van der Waals surface area contributed by atoms with Crippen molar-refractivity contribution in [3.63, 3.8) is 0 Å². The number of hydrogen-bond donors (Lipinski definition) is 2. The lowest BCUT2D eigenvalue weighted by atomic mass is 10.1. The number of pyridine rings is 1. The Balaban J connectivity index is 2.56. The van der Waals surface area contributed by atoms with Gasteiger partial charge in [0.05, 0.1) is 22.6 Å². The lowest BCUT2D eigenvalue weighted by Gasteiger charge is -2.14. The van der Waals surface area contributed by atoms with E-state index in [1.165, 1.54) is 0 Å². The second kappa shape index (κ2) is 4.46. The molecule has 1 saturated carbocycles. The number of rotatable bonds is 2. The van der Waals surface area contributed by atoms with E-state index in [9.17, 15) is 27.2 Å². The van der Waals surface area contributed by atoms with Crippen LogP contribution in [0.4, 0.5) is 23.2 Å². The standard InChI is InChI=1S/C13H8F4N2O3/c14-4-1-5(4)19-2-3(13(21)22)12(20)6-10(18)8(16)7(15)9(17)11(6)19/h2,4-5H,1,18H2,(H,21,22). The quantitative estimate of drug-likeness (QED) is 0.504. The zero-order valence-electron chi connectivity index (χ0n) is 10.7. The molecule has 2 atom stereocenters. The molecular formula is C13H8F4N2O3. The molecule has 1 aliphatic carbocycles. The van der Waals surface area contributed by atoms with E-state index in [1.807, 2.05) is 0 Å². The maximum atomic E-state index is 14.0. The van der Waals surface area contributed by atoms with Crippen molar-refractivity contribution in [2.24, 2.45) is 0 Å². The van der Waals surface area contributed by atoms with Crippen molar-refractivity contribution in [3.8, 4) is 0 Å². The van der Waals surface area contributed by atoms with Crippen molar-refractivity contribution >= 4 is 22.6 Å². The number of nitrogen functional groups attached to an aromatic ring is 1. The van der Waals surface area contributed by atoms with Crippen LogP contribution in [0.2, 0.25) is 0 Å². The third-order valence-corrected chi connectivity index (χ3v) is 3.60. The molecule has 0 bridgehead atoms. The Morgan fingerprint density at radius 2 is 1.86 bits per heavy atom. The Bertz CT molecular complexity index is 893. The highest BCUT2D eigenvalue weighted by Gasteiger charge is 2.41. The van der Waals surface area contributed by atoms with Gasteiger partial charge in [0, 0.05) is 12.6 Å². The van der Waals surface area contributed by atoms with E-state index in [0.29, 0.717) is 0 Å². The van der Waals surface area contributed by atoms with Gasteiger partial charge in [-0.1, -0.05) is 0 Å². The SMILES string of the molecule is Nc1c(F)c(F)c(F)c2c1c(=O)c(C(=O)O)cn2C1CC1F. The molecule has 2 unspecified atom stereocenters. The first-order valence-electron chi connectivity index (χ1n) is 6.13. The Morgan fingerprint density at radius 3 is 2.36 bits per heavy atom. The Hall–Kier alpha value is -2.58. The number of nitrogens with two attached hydrogens (primary N) is 1. The van der Waals surface area contributed by atoms with Crippen LogP contribution in [0.3, 0.4) is 0 Å². The van der Waals surface area contributed by atoms with Crippen LogP contribution in [-0.4, -0.2) is 21.8 Å². The van der Waals surface area contributed by atoms with E-state index in [0.717, 1.165) is 10.8 Å². The first-order valence-corrected chi connectivity index (χ1v) is 6.13. The summed E-state index contributed by atoms with van der Waals surface area (Å²) in [6.07, 6.45) is -0.743. The molecule has 22 heavy (non-hydrogen) atoms. The molecule has 1 fully saturated rings. The van der Waals surface area contributed by atoms with Crippen molar-refractivity contribution in [1.82, 2.24) is 4.57 Å². The van der Waals surface area contributed by atoms with E-state index in [1.54, 1.807) is 0 Å². The molecule has 1 aliphatic rings. The highest BCUT2D eigenvalue weighted by atomic mass is 19.2. The monoisotopic (exact) mass is 316 g/mol. The largest absolute Gasteiger partial charge is 0.477 e. The number of carbonyl (C=O) groups is 1. The van der Waals surface area contributed by atoms with Crippen LogP contribution >= 0.6 is 0 Å². The van der Waals surface area contributed by atoms with Gasteiger partial charge >= 0.3 is 5.97 Å². The third kappa shape index (κ3) is 1.78. The van der Waals surface area contributed by atoms with Gasteiger partial charge in [-0.05, 0) is 0 Å². The zero-order valence-corrected chi connectivity index (χ0v) is 10.7. The Kier molecular flexibility index (Phi) is 2.91. The molecule has 0 amide bonds. The Labute approximate surface area is 119 Å². The van der Waals surface area contributed by atoms with E-state index in [4.69, 9.17) is 10.8 Å². The van der Waals surface area contributed by atoms with Crippen LogP contribution in [-0.2, 0) is 0 Å². The molecule has 0 radical (unpaired) electrons. The first-order chi connectivity index (χ1) is 10.3. The lowest BCUT2D eigenvalue weighted by Crippen LogP contribution is -2.22. The number of halogens is 4. The smallest absolute Gasteiger partial charge is 0.341 e. The second-order valence-corrected chi connectivity index (χ2v) is 4.98. The van der Waals surface area contributed by atoms with Gasteiger partial charge in [0.15, 0.2) is 17.5 Å². The summed E-state index contributed by atoms with van der Waals surface area (Å²) in [5.41, 5.74) is 1.46. The van der Waals surface area contributed by atoms with Gasteiger partial charge in [-0.25, -0.2) is 22.4 Å². The van der Waals surface area contributed by atoms with Gasteiger partial charge in [-0.15, -0.1) is 0 Å².